The first-order valence-corrected chi connectivity index (χ1v) is 5.35. The summed E-state index contributed by atoms with van der Waals surface area (Å²) in [6.45, 7) is 3.70. The molecule has 1 aromatic carbocycles. The van der Waals surface area contributed by atoms with Crippen molar-refractivity contribution in [3.63, 3.8) is 0 Å². The minimum Gasteiger partial charge on any atom is -0.507 e. The average Bonchev–Trinajstić information content (AvgIpc) is 2.35. The number of aliphatic hydroxyl groups is 1. The van der Waals surface area contributed by atoms with Crippen molar-refractivity contribution in [2.24, 2.45) is 0 Å². The molecule has 0 aliphatic rings. The van der Waals surface area contributed by atoms with E-state index in [1.807, 2.05) is 26.0 Å². The van der Waals surface area contributed by atoms with Crippen LogP contribution in [0.15, 0.2) is 12.1 Å². The monoisotopic (exact) mass is 240 g/mol. The van der Waals surface area contributed by atoms with E-state index in [0.717, 1.165) is 23.8 Å². The van der Waals surface area contributed by atoms with Gasteiger partial charge in [0.05, 0.1) is 7.11 Å². The van der Waals surface area contributed by atoms with E-state index in [1.165, 1.54) is 7.11 Å². The van der Waals surface area contributed by atoms with Crippen LogP contribution in [0.3, 0.4) is 0 Å². The van der Waals surface area contributed by atoms with Crippen molar-refractivity contribution in [3.8, 4) is 5.75 Å². The van der Waals surface area contributed by atoms with E-state index in [1.54, 1.807) is 0 Å². The highest BCUT2D eigenvalue weighted by atomic mass is 16.5. The molecule has 1 aromatic rings. The minimum atomic E-state index is -0.210. The van der Waals surface area contributed by atoms with Crippen molar-refractivity contribution in [3.05, 3.63) is 28.8 Å². The Bertz CT molecular complexity index is 349. The van der Waals surface area contributed by atoms with Gasteiger partial charge in [-0.15, -0.1) is 0 Å². The summed E-state index contributed by atoms with van der Waals surface area (Å²) in [6, 6.07) is 3.79. The number of hydrogen-bond acceptors (Lipinski definition) is 4. The van der Waals surface area contributed by atoms with Gasteiger partial charge in [0, 0.05) is 13.5 Å². The van der Waals surface area contributed by atoms with Crippen molar-refractivity contribution in [1.29, 1.82) is 0 Å². The molecule has 96 valence electrons. The van der Waals surface area contributed by atoms with Crippen LogP contribution in [0.25, 0.3) is 0 Å². The summed E-state index contributed by atoms with van der Waals surface area (Å²) in [5, 5.41) is 16.6. The molecule has 4 heteroatoms. The molecule has 0 aromatic heterocycles. The number of phenols is 1. The summed E-state index contributed by atoms with van der Waals surface area (Å²) >= 11 is 0. The number of hydrogen-bond donors (Lipinski definition) is 2. The number of carbonyl (C=O) groups is 1. The highest BCUT2D eigenvalue weighted by molar-refractivity contribution is 5.69. The Balaban J connectivity index is 0.00000121. The number of phenolic OH excluding ortho intramolecular Hbond substituents is 1. The van der Waals surface area contributed by atoms with Crippen molar-refractivity contribution >= 4 is 5.97 Å². The molecule has 0 fully saturated rings. The first-order chi connectivity index (χ1) is 8.04. The maximum absolute atomic E-state index is 11.0. The summed E-state index contributed by atoms with van der Waals surface area (Å²) in [5.41, 5.74) is 2.73. The molecule has 0 heterocycles. The summed E-state index contributed by atoms with van der Waals surface area (Å²) in [7, 11) is 2.38. The number of aliphatic hydroxyl groups excluding tert-OH is 1. The molecule has 0 amide bonds. The standard InChI is InChI=1S/C12H16O3.CH4O/c1-8-6-10(4-5-11(13)15-3)7-9(2)12(8)14;1-2/h6-7,14H,4-5H2,1-3H3;2H,1H3. The second-order valence-electron chi connectivity index (χ2n) is 3.65. The van der Waals surface area contributed by atoms with Gasteiger partial charge in [0.15, 0.2) is 0 Å². The van der Waals surface area contributed by atoms with Crippen molar-refractivity contribution in [2.75, 3.05) is 14.2 Å². The molecule has 0 saturated carbocycles. The zero-order valence-electron chi connectivity index (χ0n) is 10.8. The van der Waals surface area contributed by atoms with E-state index in [9.17, 15) is 9.90 Å². The number of carbonyl (C=O) groups excluding carboxylic acids is 1. The Morgan fingerprint density at radius 3 is 2.12 bits per heavy atom. The molecular formula is C13H20O4. The quantitative estimate of drug-likeness (QED) is 0.789. The van der Waals surface area contributed by atoms with Crippen LogP contribution >= 0.6 is 0 Å². The van der Waals surface area contributed by atoms with Crippen LogP contribution in [0, 0.1) is 13.8 Å². The van der Waals surface area contributed by atoms with Gasteiger partial charge in [0.1, 0.15) is 5.75 Å². The molecule has 0 unspecified atom stereocenters. The second-order valence-corrected chi connectivity index (χ2v) is 3.65. The topological polar surface area (TPSA) is 66.8 Å². The number of esters is 1. The van der Waals surface area contributed by atoms with Crippen LogP contribution in [0.5, 0.6) is 5.75 Å². The second kappa shape index (κ2) is 7.68. The molecular weight excluding hydrogens is 220 g/mol. The van der Waals surface area contributed by atoms with Crippen molar-refractivity contribution in [2.45, 2.75) is 26.7 Å². The van der Waals surface area contributed by atoms with E-state index in [-0.39, 0.29) is 5.97 Å². The zero-order chi connectivity index (χ0) is 13.4. The average molecular weight is 240 g/mol. The van der Waals surface area contributed by atoms with Crippen LogP contribution in [-0.2, 0) is 16.0 Å². The third kappa shape index (κ3) is 4.87. The van der Waals surface area contributed by atoms with Crippen LogP contribution in [0.4, 0.5) is 0 Å². The SMILES string of the molecule is CO.COC(=O)CCc1cc(C)c(O)c(C)c1. The van der Waals surface area contributed by atoms with Gasteiger partial charge in [0.25, 0.3) is 0 Å². The lowest BCUT2D eigenvalue weighted by Crippen LogP contribution is -2.02. The molecule has 4 nitrogen and oxygen atoms in total. The predicted octanol–water partition coefficient (Wildman–Crippen LogP) is 1.72. The van der Waals surface area contributed by atoms with Gasteiger partial charge in [-0.25, -0.2) is 0 Å². The smallest absolute Gasteiger partial charge is 0.305 e. The highest BCUT2D eigenvalue weighted by Crippen LogP contribution is 2.23. The fraction of sp³-hybridized carbons (Fsp3) is 0.462. The number of rotatable bonds is 3. The van der Waals surface area contributed by atoms with Gasteiger partial charge in [-0.2, -0.15) is 0 Å². The molecule has 2 N–H and O–H groups in total. The third-order valence-corrected chi connectivity index (χ3v) is 2.40. The summed E-state index contributed by atoms with van der Waals surface area (Å²) in [5.74, 6) is 0.121. The Morgan fingerprint density at radius 2 is 1.71 bits per heavy atom. The number of aryl methyl sites for hydroxylation is 3. The number of benzene rings is 1. The molecule has 1 rings (SSSR count). The predicted molar refractivity (Wildman–Crippen MR) is 66.1 cm³/mol. The zero-order valence-corrected chi connectivity index (χ0v) is 10.8. The number of aromatic hydroxyl groups is 1. The van der Waals surface area contributed by atoms with E-state index in [4.69, 9.17) is 5.11 Å². The first-order valence-electron chi connectivity index (χ1n) is 5.35. The first kappa shape index (κ1) is 15.4. The number of methoxy groups -OCH3 is 1. The van der Waals surface area contributed by atoms with E-state index in [2.05, 4.69) is 4.74 Å². The van der Waals surface area contributed by atoms with Gasteiger partial charge >= 0.3 is 5.97 Å². The maximum atomic E-state index is 11.0. The van der Waals surface area contributed by atoms with Gasteiger partial charge in [-0.3, -0.25) is 4.79 Å². The van der Waals surface area contributed by atoms with Gasteiger partial charge in [0.2, 0.25) is 0 Å². The normalized spacial score (nSPS) is 9.24. The Hall–Kier alpha value is -1.55. The van der Waals surface area contributed by atoms with Gasteiger partial charge in [-0.1, -0.05) is 12.1 Å². The van der Waals surface area contributed by atoms with Crippen LogP contribution in [0.2, 0.25) is 0 Å². The molecule has 0 radical (unpaired) electrons. The highest BCUT2D eigenvalue weighted by Gasteiger charge is 2.05. The number of ether oxygens (including phenoxy) is 1. The molecule has 0 saturated heterocycles. The molecule has 0 bridgehead atoms. The van der Waals surface area contributed by atoms with E-state index < -0.39 is 0 Å². The maximum Gasteiger partial charge on any atom is 0.305 e. The molecule has 0 atom stereocenters. The molecule has 0 aliphatic heterocycles. The van der Waals surface area contributed by atoms with Crippen LogP contribution in [0.1, 0.15) is 23.1 Å². The lowest BCUT2D eigenvalue weighted by Gasteiger charge is -2.07. The minimum absolute atomic E-state index is 0.210. The summed E-state index contributed by atoms with van der Waals surface area (Å²) in [6.07, 6.45) is 1.02. The Morgan fingerprint density at radius 1 is 1.24 bits per heavy atom. The molecule has 17 heavy (non-hydrogen) atoms. The third-order valence-electron chi connectivity index (χ3n) is 2.40. The van der Waals surface area contributed by atoms with Gasteiger partial charge in [-0.05, 0) is 37.0 Å². The Labute approximate surface area is 102 Å². The van der Waals surface area contributed by atoms with Crippen LogP contribution < -0.4 is 0 Å². The molecule has 0 spiro atoms. The van der Waals surface area contributed by atoms with E-state index >= 15 is 0 Å². The van der Waals surface area contributed by atoms with Crippen LogP contribution in [-0.4, -0.2) is 30.4 Å². The van der Waals surface area contributed by atoms with Gasteiger partial charge < -0.3 is 14.9 Å². The lowest BCUT2D eigenvalue weighted by molar-refractivity contribution is -0.140. The molecule has 0 aliphatic carbocycles. The Kier molecular flexibility index (Phi) is 6.98. The van der Waals surface area contributed by atoms with Crippen molar-refractivity contribution < 1.29 is 19.7 Å². The summed E-state index contributed by atoms with van der Waals surface area (Å²) in [4.78, 5) is 11.0. The lowest BCUT2D eigenvalue weighted by atomic mass is 10.0. The largest absolute Gasteiger partial charge is 0.507 e. The van der Waals surface area contributed by atoms with E-state index in [0.29, 0.717) is 18.6 Å². The van der Waals surface area contributed by atoms with Crippen molar-refractivity contribution in [1.82, 2.24) is 0 Å². The fourth-order valence-electron chi connectivity index (χ4n) is 1.54. The summed E-state index contributed by atoms with van der Waals surface area (Å²) < 4.78 is 4.57. The fourth-order valence-corrected chi connectivity index (χ4v) is 1.54.